The number of rotatable bonds is 5. The maximum atomic E-state index is 5.65. The van der Waals surface area contributed by atoms with Gasteiger partial charge in [0.25, 0.3) is 0 Å². The molecule has 5 rings (SSSR count). The summed E-state index contributed by atoms with van der Waals surface area (Å²) in [5.41, 5.74) is 5.25. The molecule has 1 aliphatic rings. The highest BCUT2D eigenvalue weighted by atomic mass is 16.5. The van der Waals surface area contributed by atoms with Crippen LogP contribution >= 0.6 is 0 Å². The highest BCUT2D eigenvalue weighted by Crippen LogP contribution is 2.38. The predicted molar refractivity (Wildman–Crippen MR) is 105 cm³/mol. The number of imidazole rings is 1. The second kappa shape index (κ2) is 6.56. The molecule has 0 saturated heterocycles. The molecule has 0 N–H and O–H groups in total. The smallest absolute Gasteiger partial charge is 0.172 e. The summed E-state index contributed by atoms with van der Waals surface area (Å²) in [5, 5.41) is 4.29. The van der Waals surface area contributed by atoms with Gasteiger partial charge in [0, 0.05) is 23.9 Å². The molecule has 0 saturated carbocycles. The maximum absolute atomic E-state index is 5.65. The molecule has 0 bridgehead atoms. The van der Waals surface area contributed by atoms with E-state index in [0.29, 0.717) is 6.54 Å². The van der Waals surface area contributed by atoms with Crippen LogP contribution in [0.5, 0.6) is 11.5 Å². The van der Waals surface area contributed by atoms with Gasteiger partial charge in [0.1, 0.15) is 11.5 Å². The molecular formula is C22H19N3O3. The van der Waals surface area contributed by atoms with Crippen molar-refractivity contribution in [3.8, 4) is 34.3 Å². The first kappa shape index (κ1) is 16.6. The van der Waals surface area contributed by atoms with Crippen molar-refractivity contribution in [1.29, 1.82) is 0 Å². The number of benzene rings is 2. The Morgan fingerprint density at radius 1 is 0.964 bits per heavy atom. The minimum atomic E-state index is 0.709. The van der Waals surface area contributed by atoms with Crippen molar-refractivity contribution in [3.63, 3.8) is 0 Å². The number of ether oxygens (including phenoxy) is 2. The Balaban J connectivity index is 1.44. The van der Waals surface area contributed by atoms with Crippen molar-refractivity contribution < 1.29 is 14.0 Å². The number of aromatic nitrogens is 3. The van der Waals surface area contributed by atoms with Crippen molar-refractivity contribution in [3.05, 3.63) is 71.5 Å². The molecule has 0 fully saturated rings. The molecule has 6 nitrogen and oxygen atoms in total. The first-order valence-corrected chi connectivity index (χ1v) is 9.07. The lowest BCUT2D eigenvalue weighted by atomic mass is 10.1. The number of fused-ring (bicyclic) bond motifs is 3. The Labute approximate surface area is 162 Å². The maximum Gasteiger partial charge on any atom is 0.172 e. The van der Waals surface area contributed by atoms with Crippen molar-refractivity contribution in [2.75, 3.05) is 14.2 Å². The Hall–Kier alpha value is -3.54. The summed E-state index contributed by atoms with van der Waals surface area (Å²) in [7, 11) is 3.33. The van der Waals surface area contributed by atoms with Gasteiger partial charge in [-0.25, -0.2) is 4.98 Å². The van der Waals surface area contributed by atoms with E-state index in [-0.39, 0.29) is 0 Å². The molecule has 0 atom stereocenters. The summed E-state index contributed by atoms with van der Waals surface area (Å²) in [6.45, 7) is 0.709. The fourth-order valence-electron chi connectivity index (χ4n) is 3.63. The van der Waals surface area contributed by atoms with Crippen molar-refractivity contribution >= 4 is 0 Å². The number of hydrogen-bond donors (Lipinski definition) is 0. The number of methoxy groups -OCH3 is 2. The minimum Gasteiger partial charge on any atom is -0.497 e. The lowest BCUT2D eigenvalue weighted by Crippen LogP contribution is -2.01. The van der Waals surface area contributed by atoms with Crippen LogP contribution in [0.1, 0.15) is 16.8 Å². The summed E-state index contributed by atoms with van der Waals surface area (Å²) >= 11 is 0. The van der Waals surface area contributed by atoms with E-state index in [4.69, 9.17) is 14.0 Å². The monoisotopic (exact) mass is 373 g/mol. The molecular weight excluding hydrogens is 354 g/mol. The molecule has 0 aliphatic carbocycles. The highest BCUT2D eigenvalue weighted by molar-refractivity contribution is 5.73. The molecule has 1 aliphatic heterocycles. The molecule has 2 aromatic heterocycles. The third-order valence-corrected chi connectivity index (χ3v) is 5.15. The van der Waals surface area contributed by atoms with Crippen LogP contribution in [0, 0.1) is 0 Å². The van der Waals surface area contributed by atoms with Crippen LogP contribution in [0.2, 0.25) is 0 Å². The summed E-state index contributed by atoms with van der Waals surface area (Å²) in [4.78, 5) is 4.60. The molecule has 0 radical (unpaired) electrons. The topological polar surface area (TPSA) is 62.3 Å². The summed E-state index contributed by atoms with van der Waals surface area (Å²) in [5.74, 6) is 3.33. The van der Waals surface area contributed by atoms with Crippen LogP contribution in [0.15, 0.2) is 59.3 Å². The molecule has 3 heterocycles. The third-order valence-electron chi connectivity index (χ3n) is 5.15. The van der Waals surface area contributed by atoms with Gasteiger partial charge in [-0.2, -0.15) is 0 Å². The molecule has 0 amide bonds. The predicted octanol–water partition coefficient (Wildman–Crippen LogP) is 4.17. The standard InChI is InChI=1S/C22H19N3O3/c1-26-17-7-3-14(4-8-17)11-16-12-23-22-20-19(13-25(16)22)21(28-24-20)15-5-9-18(27-2)10-6-15/h3-10,12H,11,13H2,1-2H3. The minimum absolute atomic E-state index is 0.709. The van der Waals surface area contributed by atoms with Crippen LogP contribution in [-0.4, -0.2) is 28.9 Å². The molecule has 6 heteroatoms. The van der Waals surface area contributed by atoms with E-state index >= 15 is 0 Å². The zero-order valence-corrected chi connectivity index (χ0v) is 15.7. The van der Waals surface area contributed by atoms with E-state index in [2.05, 4.69) is 26.8 Å². The van der Waals surface area contributed by atoms with E-state index in [9.17, 15) is 0 Å². The van der Waals surface area contributed by atoms with Gasteiger partial charge < -0.3 is 18.6 Å². The van der Waals surface area contributed by atoms with Crippen LogP contribution in [-0.2, 0) is 13.0 Å². The first-order chi connectivity index (χ1) is 13.8. The molecule has 140 valence electrons. The second-order valence-corrected chi connectivity index (χ2v) is 6.75. The quantitative estimate of drug-likeness (QED) is 0.463. The Morgan fingerprint density at radius 3 is 2.32 bits per heavy atom. The van der Waals surface area contributed by atoms with Crippen LogP contribution in [0.25, 0.3) is 22.8 Å². The molecule has 2 aromatic carbocycles. The summed E-state index contributed by atoms with van der Waals surface area (Å²) in [6, 6.07) is 15.9. The van der Waals surface area contributed by atoms with E-state index in [1.54, 1.807) is 14.2 Å². The van der Waals surface area contributed by atoms with Gasteiger partial charge in [-0.3, -0.25) is 0 Å². The van der Waals surface area contributed by atoms with Gasteiger partial charge in [0.15, 0.2) is 17.3 Å². The lowest BCUT2D eigenvalue weighted by molar-refractivity contribution is 0.414. The van der Waals surface area contributed by atoms with Crippen LogP contribution in [0.4, 0.5) is 0 Å². The van der Waals surface area contributed by atoms with Gasteiger partial charge >= 0.3 is 0 Å². The Morgan fingerprint density at radius 2 is 1.64 bits per heavy atom. The van der Waals surface area contributed by atoms with Crippen LogP contribution < -0.4 is 9.47 Å². The van der Waals surface area contributed by atoms with Gasteiger partial charge in [0.2, 0.25) is 0 Å². The highest BCUT2D eigenvalue weighted by Gasteiger charge is 2.30. The number of nitrogens with zero attached hydrogens (tertiary/aromatic N) is 3. The SMILES string of the molecule is COc1ccc(Cc2cnc3n2Cc2c-3noc2-c2ccc(OC)cc2)cc1. The average molecular weight is 373 g/mol. The number of hydrogen-bond acceptors (Lipinski definition) is 5. The zero-order chi connectivity index (χ0) is 19.1. The van der Waals surface area contributed by atoms with Gasteiger partial charge in [-0.05, 0) is 42.0 Å². The molecule has 28 heavy (non-hydrogen) atoms. The molecule has 0 spiro atoms. The Kier molecular flexibility index (Phi) is 3.90. The normalized spacial score (nSPS) is 11.9. The first-order valence-electron chi connectivity index (χ1n) is 9.07. The van der Waals surface area contributed by atoms with Gasteiger partial charge in [0.05, 0.1) is 26.3 Å². The largest absolute Gasteiger partial charge is 0.497 e. The van der Waals surface area contributed by atoms with Crippen molar-refractivity contribution in [2.45, 2.75) is 13.0 Å². The van der Waals surface area contributed by atoms with Gasteiger partial charge in [-0.1, -0.05) is 17.3 Å². The third kappa shape index (κ3) is 2.65. The average Bonchev–Trinajstić information content (AvgIpc) is 3.42. The van der Waals surface area contributed by atoms with Crippen LogP contribution in [0.3, 0.4) is 0 Å². The lowest BCUT2D eigenvalue weighted by Gasteiger charge is -2.07. The van der Waals surface area contributed by atoms with E-state index in [1.165, 1.54) is 5.56 Å². The summed E-state index contributed by atoms with van der Waals surface area (Å²) < 4.78 is 18.3. The van der Waals surface area contributed by atoms with E-state index in [0.717, 1.165) is 52.0 Å². The van der Waals surface area contributed by atoms with E-state index < -0.39 is 0 Å². The second-order valence-electron chi connectivity index (χ2n) is 6.75. The summed E-state index contributed by atoms with van der Waals surface area (Å²) in [6.07, 6.45) is 2.72. The fraction of sp³-hybridized carbons (Fsp3) is 0.182. The van der Waals surface area contributed by atoms with E-state index in [1.807, 2.05) is 42.6 Å². The Bertz CT molecular complexity index is 1130. The molecule has 4 aromatic rings. The van der Waals surface area contributed by atoms with Crippen molar-refractivity contribution in [2.24, 2.45) is 0 Å². The zero-order valence-electron chi connectivity index (χ0n) is 15.7. The fourth-order valence-corrected chi connectivity index (χ4v) is 3.63. The van der Waals surface area contributed by atoms with Crippen molar-refractivity contribution in [1.82, 2.24) is 14.7 Å². The molecule has 0 unspecified atom stereocenters. The van der Waals surface area contributed by atoms with Gasteiger partial charge in [-0.15, -0.1) is 0 Å².